The van der Waals surface area contributed by atoms with Crippen molar-refractivity contribution in [1.29, 1.82) is 0 Å². The molecule has 3 heteroatoms. The summed E-state index contributed by atoms with van der Waals surface area (Å²) in [6.07, 6.45) is 3.43. The second kappa shape index (κ2) is 7.26. The van der Waals surface area contributed by atoms with Gasteiger partial charge in [0.2, 0.25) is 0 Å². The van der Waals surface area contributed by atoms with Gasteiger partial charge in [0.25, 0.3) is 0 Å². The molecule has 0 heterocycles. The first-order valence-corrected chi connectivity index (χ1v) is 7.86. The average Bonchev–Trinajstić information content (AvgIpc) is 2.59. The lowest BCUT2D eigenvalue weighted by Crippen LogP contribution is -1.99. The summed E-state index contributed by atoms with van der Waals surface area (Å²) < 4.78 is 33.0. The van der Waals surface area contributed by atoms with E-state index in [0.29, 0.717) is 11.3 Å². The van der Waals surface area contributed by atoms with Crippen molar-refractivity contribution in [3.63, 3.8) is 0 Å². The Kier molecular flexibility index (Phi) is 4.90. The van der Waals surface area contributed by atoms with Crippen molar-refractivity contribution in [3.05, 3.63) is 90.0 Å². The van der Waals surface area contributed by atoms with Crippen molar-refractivity contribution in [2.45, 2.75) is 19.4 Å². The van der Waals surface area contributed by atoms with Crippen LogP contribution in [-0.4, -0.2) is 0 Å². The van der Waals surface area contributed by atoms with Crippen LogP contribution in [0.2, 0.25) is 0 Å². The Hall–Kier alpha value is -2.68. The minimum absolute atomic E-state index is 0.153. The van der Waals surface area contributed by atoms with E-state index in [1.165, 1.54) is 12.1 Å². The Morgan fingerprint density at radius 2 is 1.71 bits per heavy atom. The second-order valence-electron chi connectivity index (χ2n) is 5.70. The van der Waals surface area contributed by atoms with E-state index in [-0.39, 0.29) is 18.2 Å². The zero-order chi connectivity index (χ0) is 16.9. The summed E-state index contributed by atoms with van der Waals surface area (Å²) in [5.74, 6) is 0.0958. The fourth-order valence-electron chi connectivity index (χ4n) is 2.58. The molecule has 3 rings (SSSR count). The Balaban J connectivity index is 1.71. The highest BCUT2D eigenvalue weighted by Crippen LogP contribution is 2.23. The summed E-state index contributed by atoms with van der Waals surface area (Å²) >= 11 is 0. The molecule has 0 bridgehead atoms. The lowest BCUT2D eigenvalue weighted by Gasteiger charge is -2.09. The molecule has 0 amide bonds. The molecule has 0 fully saturated rings. The highest BCUT2D eigenvalue weighted by molar-refractivity contribution is 5.83. The number of fused-ring (bicyclic) bond motifs is 1. The van der Waals surface area contributed by atoms with E-state index < -0.39 is 0 Å². The van der Waals surface area contributed by atoms with Gasteiger partial charge in [-0.15, -0.1) is 6.58 Å². The molecule has 0 aromatic heterocycles. The molecule has 0 spiro atoms. The predicted molar refractivity (Wildman–Crippen MR) is 93.2 cm³/mol. The van der Waals surface area contributed by atoms with Crippen LogP contribution < -0.4 is 4.74 Å². The van der Waals surface area contributed by atoms with Gasteiger partial charge in [0.1, 0.15) is 24.0 Å². The van der Waals surface area contributed by atoms with Gasteiger partial charge in [-0.1, -0.05) is 30.3 Å². The maximum atomic E-state index is 14.1. The molecule has 0 saturated carbocycles. The maximum Gasteiger partial charge on any atom is 0.130 e. The zero-order valence-electron chi connectivity index (χ0n) is 13.3. The maximum absolute atomic E-state index is 14.1. The molecule has 0 aliphatic carbocycles. The number of aryl methyl sites for hydroxylation is 1. The summed E-state index contributed by atoms with van der Waals surface area (Å²) in [6, 6.07) is 15.2. The molecular formula is C21H18F2O. The van der Waals surface area contributed by atoms with Gasteiger partial charge in [-0.25, -0.2) is 8.78 Å². The number of halogens is 2. The van der Waals surface area contributed by atoms with E-state index in [1.54, 1.807) is 30.3 Å². The number of ether oxygens (including phenoxy) is 1. The summed E-state index contributed by atoms with van der Waals surface area (Å²) in [7, 11) is 0. The first-order valence-electron chi connectivity index (χ1n) is 7.86. The van der Waals surface area contributed by atoms with E-state index in [1.807, 2.05) is 18.2 Å². The van der Waals surface area contributed by atoms with E-state index in [2.05, 4.69) is 6.58 Å². The first kappa shape index (κ1) is 16.2. The van der Waals surface area contributed by atoms with Gasteiger partial charge in [-0.3, -0.25) is 0 Å². The normalized spacial score (nSPS) is 10.8. The Morgan fingerprint density at radius 1 is 0.917 bits per heavy atom. The first-order chi connectivity index (χ1) is 11.7. The van der Waals surface area contributed by atoms with Crippen molar-refractivity contribution in [3.8, 4) is 5.75 Å². The summed E-state index contributed by atoms with van der Waals surface area (Å²) in [6.45, 7) is 3.82. The van der Waals surface area contributed by atoms with Gasteiger partial charge in [0, 0.05) is 5.56 Å². The summed E-state index contributed by atoms with van der Waals surface area (Å²) in [5, 5.41) is 1.69. The molecule has 0 aliphatic heterocycles. The third kappa shape index (κ3) is 3.80. The minimum Gasteiger partial charge on any atom is -0.489 e. The smallest absolute Gasteiger partial charge is 0.130 e. The lowest BCUT2D eigenvalue weighted by atomic mass is 10.1. The van der Waals surface area contributed by atoms with Crippen LogP contribution in [0.5, 0.6) is 5.75 Å². The molecule has 0 unspecified atom stereocenters. The topological polar surface area (TPSA) is 9.23 Å². The van der Waals surface area contributed by atoms with Crippen molar-refractivity contribution < 1.29 is 13.5 Å². The van der Waals surface area contributed by atoms with Crippen LogP contribution in [0.4, 0.5) is 8.78 Å². The quantitative estimate of drug-likeness (QED) is 0.519. The van der Waals surface area contributed by atoms with E-state index in [0.717, 1.165) is 29.2 Å². The molecule has 24 heavy (non-hydrogen) atoms. The van der Waals surface area contributed by atoms with Crippen LogP contribution in [0.25, 0.3) is 10.8 Å². The molecule has 0 saturated heterocycles. The average molecular weight is 324 g/mol. The summed E-state index contributed by atoms with van der Waals surface area (Å²) in [4.78, 5) is 0. The van der Waals surface area contributed by atoms with E-state index in [4.69, 9.17) is 4.74 Å². The molecule has 122 valence electrons. The van der Waals surface area contributed by atoms with Crippen molar-refractivity contribution >= 4 is 10.8 Å². The number of hydrogen-bond donors (Lipinski definition) is 0. The molecular weight excluding hydrogens is 306 g/mol. The van der Waals surface area contributed by atoms with E-state index in [9.17, 15) is 8.78 Å². The zero-order valence-corrected chi connectivity index (χ0v) is 13.3. The third-order valence-electron chi connectivity index (χ3n) is 3.92. The number of benzene rings is 3. The van der Waals surface area contributed by atoms with Crippen molar-refractivity contribution in [2.75, 3.05) is 0 Å². The predicted octanol–water partition coefficient (Wildman–Crippen LogP) is 5.82. The van der Waals surface area contributed by atoms with Crippen LogP contribution in [0.3, 0.4) is 0 Å². The molecule has 1 nitrogen and oxygen atoms in total. The van der Waals surface area contributed by atoms with Gasteiger partial charge < -0.3 is 4.74 Å². The van der Waals surface area contributed by atoms with Crippen molar-refractivity contribution in [2.24, 2.45) is 0 Å². The number of allylic oxidation sites excluding steroid dienone is 1. The van der Waals surface area contributed by atoms with Gasteiger partial charge >= 0.3 is 0 Å². The molecule has 0 radical (unpaired) electrons. The lowest BCUT2D eigenvalue weighted by molar-refractivity contribution is 0.300. The molecule has 0 aliphatic rings. The SMILES string of the molecule is C=CCCc1ccc(COc2ccc3cc(F)ccc3c2)c(F)c1. The number of rotatable bonds is 6. The van der Waals surface area contributed by atoms with Crippen LogP contribution in [-0.2, 0) is 13.0 Å². The summed E-state index contributed by atoms with van der Waals surface area (Å²) in [5.41, 5.74) is 1.46. The number of hydrogen-bond acceptors (Lipinski definition) is 1. The minimum atomic E-state index is -0.269. The Morgan fingerprint density at radius 3 is 2.50 bits per heavy atom. The van der Waals surface area contributed by atoms with E-state index >= 15 is 0 Å². The van der Waals surface area contributed by atoms with Crippen molar-refractivity contribution in [1.82, 2.24) is 0 Å². The van der Waals surface area contributed by atoms with Crippen LogP contribution in [0, 0.1) is 11.6 Å². The largest absolute Gasteiger partial charge is 0.489 e. The monoisotopic (exact) mass is 324 g/mol. The van der Waals surface area contributed by atoms with Crippen LogP contribution in [0.15, 0.2) is 67.3 Å². The van der Waals surface area contributed by atoms with Crippen LogP contribution >= 0.6 is 0 Å². The molecule has 3 aromatic rings. The highest BCUT2D eigenvalue weighted by Gasteiger charge is 2.05. The fourth-order valence-corrected chi connectivity index (χ4v) is 2.58. The van der Waals surface area contributed by atoms with Gasteiger partial charge in [-0.05, 0) is 59.5 Å². The second-order valence-corrected chi connectivity index (χ2v) is 5.70. The highest BCUT2D eigenvalue weighted by atomic mass is 19.1. The van der Waals surface area contributed by atoms with Gasteiger partial charge in [-0.2, -0.15) is 0 Å². The molecule has 3 aromatic carbocycles. The standard InChI is InChI=1S/C21H18F2O/c1-2-3-4-15-5-6-18(21(23)11-15)14-24-20-10-8-16-12-19(22)9-7-17(16)13-20/h2,5-13H,1,3-4,14H2. The molecule has 0 N–H and O–H groups in total. The Labute approximate surface area is 140 Å². The fraction of sp³-hybridized carbons (Fsp3) is 0.143. The van der Waals surface area contributed by atoms with Crippen LogP contribution in [0.1, 0.15) is 17.5 Å². The van der Waals surface area contributed by atoms with Gasteiger partial charge in [0.05, 0.1) is 0 Å². The molecule has 0 atom stereocenters. The van der Waals surface area contributed by atoms with Gasteiger partial charge in [0.15, 0.2) is 0 Å². The third-order valence-corrected chi connectivity index (χ3v) is 3.92. The Bertz CT molecular complexity index is 871.